The molecular weight excluding hydrogens is 242 g/mol. The molecule has 2 rings (SSSR count). The molecule has 0 unspecified atom stereocenters. The number of benzene rings is 2. The second-order valence-corrected chi connectivity index (χ2v) is 4.28. The van der Waals surface area contributed by atoms with Gasteiger partial charge >= 0.3 is 5.97 Å². The first-order valence-corrected chi connectivity index (χ1v) is 5.88. The number of anilines is 1. The van der Waals surface area contributed by atoms with Gasteiger partial charge in [0.2, 0.25) is 0 Å². The van der Waals surface area contributed by atoms with Gasteiger partial charge in [-0.05, 0) is 36.2 Å². The third-order valence-electron chi connectivity index (χ3n) is 2.82. The molecule has 0 aliphatic carbocycles. The Balaban J connectivity index is 2.08. The quantitative estimate of drug-likeness (QED) is 0.655. The minimum Gasteiger partial charge on any atom is -0.508 e. The number of carbonyl (C=O) groups excluding carboxylic acids is 1. The van der Waals surface area contributed by atoms with Crippen LogP contribution in [0, 0.1) is 6.92 Å². The highest BCUT2D eigenvalue weighted by Crippen LogP contribution is 2.18. The highest BCUT2D eigenvalue weighted by atomic mass is 16.5. The summed E-state index contributed by atoms with van der Waals surface area (Å²) in [5.41, 5.74) is 8.19. The number of nitrogen functional groups attached to an aromatic ring is 1. The number of ether oxygens (including phenoxy) is 1. The maximum Gasteiger partial charge on any atom is 0.340 e. The molecule has 0 aliphatic heterocycles. The number of esters is 1. The zero-order valence-electron chi connectivity index (χ0n) is 10.6. The van der Waals surface area contributed by atoms with Crippen LogP contribution in [0.2, 0.25) is 0 Å². The van der Waals surface area contributed by atoms with Gasteiger partial charge in [-0.25, -0.2) is 4.79 Å². The Morgan fingerprint density at radius 1 is 1.26 bits per heavy atom. The zero-order valence-corrected chi connectivity index (χ0v) is 10.6. The van der Waals surface area contributed by atoms with Crippen LogP contribution in [0.1, 0.15) is 21.5 Å². The van der Waals surface area contributed by atoms with Crippen LogP contribution in [0.4, 0.5) is 5.69 Å². The van der Waals surface area contributed by atoms with E-state index >= 15 is 0 Å². The van der Waals surface area contributed by atoms with Crippen LogP contribution in [-0.2, 0) is 11.3 Å². The second-order valence-electron chi connectivity index (χ2n) is 4.28. The van der Waals surface area contributed by atoms with E-state index in [4.69, 9.17) is 10.5 Å². The number of phenolic OH excluding ortho intramolecular Hbond substituents is 1. The van der Waals surface area contributed by atoms with Gasteiger partial charge in [0.15, 0.2) is 0 Å². The topological polar surface area (TPSA) is 72.5 Å². The summed E-state index contributed by atoms with van der Waals surface area (Å²) < 4.78 is 5.17. The average Bonchev–Trinajstić information content (AvgIpc) is 2.39. The molecule has 0 spiro atoms. The molecule has 0 atom stereocenters. The number of aromatic hydroxyl groups is 1. The smallest absolute Gasteiger partial charge is 0.340 e. The second kappa shape index (κ2) is 5.44. The summed E-state index contributed by atoms with van der Waals surface area (Å²) >= 11 is 0. The summed E-state index contributed by atoms with van der Waals surface area (Å²) in [6.45, 7) is 1.93. The lowest BCUT2D eigenvalue weighted by molar-refractivity contribution is 0.0473. The Kier molecular flexibility index (Phi) is 3.71. The van der Waals surface area contributed by atoms with Crippen LogP contribution < -0.4 is 5.73 Å². The van der Waals surface area contributed by atoms with E-state index in [1.165, 1.54) is 0 Å². The van der Waals surface area contributed by atoms with Gasteiger partial charge in [0.1, 0.15) is 12.4 Å². The Labute approximate surface area is 111 Å². The van der Waals surface area contributed by atoms with Crippen LogP contribution >= 0.6 is 0 Å². The summed E-state index contributed by atoms with van der Waals surface area (Å²) in [6.07, 6.45) is 0. The molecule has 0 bridgehead atoms. The van der Waals surface area contributed by atoms with Gasteiger partial charge in [0.25, 0.3) is 0 Å². The summed E-state index contributed by atoms with van der Waals surface area (Å²) in [6, 6.07) is 11.8. The van der Waals surface area contributed by atoms with Crippen LogP contribution in [-0.4, -0.2) is 11.1 Å². The van der Waals surface area contributed by atoms with Gasteiger partial charge in [0, 0.05) is 5.69 Å². The Morgan fingerprint density at radius 2 is 2.00 bits per heavy atom. The molecule has 3 N–H and O–H groups in total. The van der Waals surface area contributed by atoms with Gasteiger partial charge in [0.05, 0.1) is 5.56 Å². The van der Waals surface area contributed by atoms with Crippen molar-refractivity contribution < 1.29 is 14.6 Å². The maximum atomic E-state index is 11.9. The van der Waals surface area contributed by atoms with Crippen molar-refractivity contribution in [2.45, 2.75) is 13.5 Å². The van der Waals surface area contributed by atoms with Crippen molar-refractivity contribution in [1.82, 2.24) is 0 Å². The SMILES string of the molecule is Cc1cccc(C(=O)OCc2cccc(O)c2)c1N. The predicted molar refractivity (Wildman–Crippen MR) is 72.8 cm³/mol. The molecule has 0 amide bonds. The lowest BCUT2D eigenvalue weighted by atomic mass is 10.1. The van der Waals surface area contributed by atoms with E-state index in [1.54, 1.807) is 36.4 Å². The monoisotopic (exact) mass is 257 g/mol. The van der Waals surface area contributed by atoms with Gasteiger partial charge in [-0.1, -0.05) is 24.3 Å². The third kappa shape index (κ3) is 3.04. The fraction of sp³-hybridized carbons (Fsp3) is 0.133. The van der Waals surface area contributed by atoms with Crippen molar-refractivity contribution in [3.63, 3.8) is 0 Å². The first-order chi connectivity index (χ1) is 9.08. The van der Waals surface area contributed by atoms with E-state index in [2.05, 4.69) is 0 Å². The normalized spacial score (nSPS) is 10.2. The number of carbonyl (C=O) groups is 1. The molecular formula is C15H15NO3. The molecule has 2 aromatic carbocycles. The highest BCUT2D eigenvalue weighted by Gasteiger charge is 2.12. The predicted octanol–water partition coefficient (Wildman–Crippen LogP) is 2.64. The fourth-order valence-corrected chi connectivity index (χ4v) is 1.73. The molecule has 0 fully saturated rings. The summed E-state index contributed by atoms with van der Waals surface area (Å²) in [5.74, 6) is -0.326. The summed E-state index contributed by atoms with van der Waals surface area (Å²) in [7, 11) is 0. The first-order valence-electron chi connectivity index (χ1n) is 5.88. The first kappa shape index (κ1) is 13.0. The molecule has 0 saturated heterocycles. The van der Waals surface area contributed by atoms with Gasteiger partial charge < -0.3 is 15.6 Å². The number of nitrogens with two attached hydrogens (primary N) is 1. The van der Waals surface area contributed by atoms with E-state index in [0.29, 0.717) is 11.3 Å². The Bertz CT molecular complexity index is 608. The van der Waals surface area contributed by atoms with Gasteiger partial charge in [-0.15, -0.1) is 0 Å². The average molecular weight is 257 g/mol. The molecule has 0 saturated carbocycles. The summed E-state index contributed by atoms with van der Waals surface area (Å²) in [4.78, 5) is 11.9. The number of hydrogen-bond acceptors (Lipinski definition) is 4. The van der Waals surface area contributed by atoms with Crippen LogP contribution in [0.25, 0.3) is 0 Å². The summed E-state index contributed by atoms with van der Waals surface area (Å²) in [5, 5.41) is 9.32. The molecule has 0 aromatic heterocycles. The standard InChI is InChI=1S/C15H15NO3/c1-10-4-2-7-13(14(10)16)15(18)19-9-11-5-3-6-12(17)8-11/h2-8,17H,9,16H2,1H3. The van der Waals surface area contributed by atoms with E-state index in [-0.39, 0.29) is 12.4 Å². The molecule has 98 valence electrons. The minimum absolute atomic E-state index is 0.0978. The van der Waals surface area contributed by atoms with Crippen molar-refractivity contribution >= 4 is 11.7 Å². The number of hydrogen-bond donors (Lipinski definition) is 2. The lowest BCUT2D eigenvalue weighted by Crippen LogP contribution is -2.09. The molecule has 4 heteroatoms. The van der Waals surface area contributed by atoms with E-state index in [1.807, 2.05) is 13.0 Å². The Hall–Kier alpha value is -2.49. The van der Waals surface area contributed by atoms with Crippen molar-refractivity contribution in [3.8, 4) is 5.75 Å². The van der Waals surface area contributed by atoms with E-state index in [9.17, 15) is 9.90 Å². The van der Waals surface area contributed by atoms with Gasteiger partial charge in [-0.2, -0.15) is 0 Å². The zero-order chi connectivity index (χ0) is 13.8. The van der Waals surface area contributed by atoms with Crippen molar-refractivity contribution in [1.29, 1.82) is 0 Å². The van der Waals surface area contributed by atoms with Crippen molar-refractivity contribution in [2.75, 3.05) is 5.73 Å². The minimum atomic E-state index is -0.468. The molecule has 0 heterocycles. The molecule has 19 heavy (non-hydrogen) atoms. The van der Waals surface area contributed by atoms with Crippen LogP contribution in [0.15, 0.2) is 42.5 Å². The van der Waals surface area contributed by atoms with Crippen molar-refractivity contribution in [2.24, 2.45) is 0 Å². The number of aryl methyl sites for hydroxylation is 1. The number of para-hydroxylation sites is 1. The van der Waals surface area contributed by atoms with Crippen LogP contribution in [0.3, 0.4) is 0 Å². The molecule has 4 nitrogen and oxygen atoms in total. The largest absolute Gasteiger partial charge is 0.508 e. The Morgan fingerprint density at radius 3 is 2.74 bits per heavy atom. The third-order valence-corrected chi connectivity index (χ3v) is 2.82. The van der Waals surface area contributed by atoms with E-state index < -0.39 is 5.97 Å². The molecule has 0 radical (unpaired) electrons. The molecule has 0 aliphatic rings. The number of rotatable bonds is 3. The van der Waals surface area contributed by atoms with Gasteiger partial charge in [-0.3, -0.25) is 0 Å². The van der Waals surface area contributed by atoms with Crippen LogP contribution in [0.5, 0.6) is 5.75 Å². The van der Waals surface area contributed by atoms with E-state index in [0.717, 1.165) is 11.1 Å². The fourth-order valence-electron chi connectivity index (χ4n) is 1.73. The molecule has 2 aromatic rings. The highest BCUT2D eigenvalue weighted by molar-refractivity contribution is 5.95. The number of phenols is 1. The van der Waals surface area contributed by atoms with Crippen molar-refractivity contribution in [3.05, 3.63) is 59.2 Å². The lowest BCUT2D eigenvalue weighted by Gasteiger charge is -2.08. The maximum absolute atomic E-state index is 11.9.